The van der Waals surface area contributed by atoms with Crippen LogP contribution in [0.25, 0.3) is 6.08 Å². The second kappa shape index (κ2) is 6.58. The van der Waals surface area contributed by atoms with E-state index in [1.54, 1.807) is 26.2 Å². The van der Waals surface area contributed by atoms with Gasteiger partial charge < -0.3 is 5.32 Å². The van der Waals surface area contributed by atoms with Crippen molar-refractivity contribution in [2.45, 2.75) is 13.1 Å². The Morgan fingerprint density at radius 1 is 1.42 bits per heavy atom. The largest absolute Gasteiger partial charge is 0.416 e. The smallest absolute Gasteiger partial charge is 0.321 e. The number of nitriles is 1. The van der Waals surface area contributed by atoms with Gasteiger partial charge in [0.25, 0.3) is 5.91 Å². The molecule has 1 aromatic heterocycles. The zero-order valence-electron chi connectivity index (χ0n) is 12.8. The Morgan fingerprint density at radius 2 is 2.12 bits per heavy atom. The molecule has 2 aromatic rings. The molecular weight excluding hydrogens is 321 g/mol. The van der Waals surface area contributed by atoms with Crippen molar-refractivity contribution in [3.8, 4) is 6.07 Å². The summed E-state index contributed by atoms with van der Waals surface area (Å²) in [5.74, 6) is -0.792. The zero-order valence-corrected chi connectivity index (χ0v) is 12.8. The predicted molar refractivity (Wildman–Crippen MR) is 81.6 cm³/mol. The summed E-state index contributed by atoms with van der Waals surface area (Å²) in [5.41, 5.74) is 0.0404. The van der Waals surface area contributed by atoms with E-state index in [0.29, 0.717) is 11.3 Å². The van der Waals surface area contributed by atoms with E-state index in [1.807, 2.05) is 0 Å². The number of hydrogen-bond acceptors (Lipinski definition) is 3. The number of rotatable bonds is 3. The number of aryl methyl sites for hydroxylation is 2. The topological polar surface area (TPSA) is 70.7 Å². The third kappa shape index (κ3) is 4.01. The first-order chi connectivity index (χ1) is 11.2. The number of hydrogen-bond donors (Lipinski definition) is 1. The number of halogens is 3. The summed E-state index contributed by atoms with van der Waals surface area (Å²) >= 11 is 0. The van der Waals surface area contributed by atoms with Crippen LogP contribution in [0.5, 0.6) is 0 Å². The van der Waals surface area contributed by atoms with Crippen LogP contribution in [0.3, 0.4) is 0 Å². The highest BCUT2D eigenvalue weighted by Gasteiger charge is 2.30. The Morgan fingerprint density at radius 3 is 2.67 bits per heavy atom. The first-order valence-electron chi connectivity index (χ1n) is 6.81. The fourth-order valence-electron chi connectivity index (χ4n) is 2.04. The Kier molecular flexibility index (Phi) is 4.74. The van der Waals surface area contributed by atoms with Gasteiger partial charge in [-0.05, 0) is 31.2 Å². The maximum Gasteiger partial charge on any atom is 0.416 e. The first-order valence-corrected chi connectivity index (χ1v) is 6.81. The van der Waals surface area contributed by atoms with E-state index in [2.05, 4.69) is 10.4 Å². The molecule has 0 fully saturated rings. The van der Waals surface area contributed by atoms with Gasteiger partial charge in [-0.3, -0.25) is 9.48 Å². The number of carbonyl (C=O) groups is 1. The van der Waals surface area contributed by atoms with E-state index in [9.17, 15) is 18.0 Å². The second-order valence-corrected chi connectivity index (χ2v) is 5.05. The van der Waals surface area contributed by atoms with Crippen molar-refractivity contribution in [3.63, 3.8) is 0 Å². The molecule has 5 nitrogen and oxygen atoms in total. The molecule has 1 aromatic carbocycles. The molecule has 2 rings (SSSR count). The Balaban J connectivity index is 2.25. The molecule has 0 radical (unpaired) electrons. The van der Waals surface area contributed by atoms with Crippen molar-refractivity contribution in [1.29, 1.82) is 5.26 Å². The van der Waals surface area contributed by atoms with Gasteiger partial charge in [0.1, 0.15) is 11.6 Å². The van der Waals surface area contributed by atoms with Crippen LogP contribution < -0.4 is 5.32 Å². The van der Waals surface area contributed by atoms with Crippen LogP contribution in [0.1, 0.15) is 16.8 Å². The number of nitrogens with one attached hydrogen (secondary N) is 1. The van der Waals surface area contributed by atoms with Gasteiger partial charge in [-0.1, -0.05) is 6.07 Å². The summed E-state index contributed by atoms with van der Waals surface area (Å²) in [6.45, 7) is 1.71. The number of amides is 1. The fraction of sp³-hybridized carbons (Fsp3) is 0.188. The summed E-state index contributed by atoms with van der Waals surface area (Å²) in [7, 11) is 1.69. The van der Waals surface area contributed by atoms with Gasteiger partial charge in [0.15, 0.2) is 0 Å². The van der Waals surface area contributed by atoms with Crippen LogP contribution in [0, 0.1) is 18.3 Å². The molecule has 0 bridgehead atoms. The lowest BCUT2D eigenvalue weighted by molar-refractivity contribution is -0.137. The number of benzene rings is 1. The molecule has 1 heterocycles. The van der Waals surface area contributed by atoms with Crippen molar-refractivity contribution in [2.75, 3.05) is 5.32 Å². The van der Waals surface area contributed by atoms with Crippen LogP contribution in [-0.2, 0) is 18.0 Å². The quantitative estimate of drug-likeness (QED) is 0.691. The summed E-state index contributed by atoms with van der Waals surface area (Å²) in [5, 5.41) is 15.5. The van der Waals surface area contributed by atoms with E-state index in [0.717, 1.165) is 12.1 Å². The Labute approximate surface area is 136 Å². The van der Waals surface area contributed by atoms with Gasteiger partial charge >= 0.3 is 6.18 Å². The lowest BCUT2D eigenvalue weighted by atomic mass is 10.1. The van der Waals surface area contributed by atoms with Gasteiger partial charge in [-0.25, -0.2) is 0 Å². The third-order valence-corrected chi connectivity index (χ3v) is 3.16. The third-order valence-electron chi connectivity index (χ3n) is 3.16. The van der Waals surface area contributed by atoms with Crippen LogP contribution in [-0.4, -0.2) is 15.7 Å². The molecule has 1 N–H and O–H groups in total. The molecule has 0 saturated heterocycles. The highest BCUT2D eigenvalue weighted by atomic mass is 19.4. The molecule has 0 atom stereocenters. The summed E-state index contributed by atoms with van der Waals surface area (Å²) in [4.78, 5) is 12.1. The zero-order chi connectivity index (χ0) is 17.9. The van der Waals surface area contributed by atoms with Crippen LogP contribution in [0.15, 0.2) is 36.0 Å². The van der Waals surface area contributed by atoms with Crippen molar-refractivity contribution in [3.05, 3.63) is 52.9 Å². The van der Waals surface area contributed by atoms with Crippen molar-refractivity contribution in [1.82, 2.24) is 9.78 Å². The molecule has 124 valence electrons. The molecule has 8 heteroatoms. The number of anilines is 1. The average molecular weight is 334 g/mol. The number of alkyl halides is 3. The highest BCUT2D eigenvalue weighted by Crippen LogP contribution is 2.30. The summed E-state index contributed by atoms with van der Waals surface area (Å²) in [6.07, 6.45) is -1.54. The van der Waals surface area contributed by atoms with E-state index in [1.165, 1.54) is 22.9 Å². The maximum atomic E-state index is 12.7. The number of nitrogens with zero attached hydrogens (tertiary/aromatic N) is 3. The monoisotopic (exact) mass is 334 g/mol. The van der Waals surface area contributed by atoms with Crippen molar-refractivity contribution >= 4 is 17.7 Å². The number of carbonyl (C=O) groups excluding carboxylic acids is 1. The molecule has 0 aliphatic carbocycles. The average Bonchev–Trinajstić information content (AvgIpc) is 2.81. The van der Waals surface area contributed by atoms with Crippen LogP contribution in [0.4, 0.5) is 18.9 Å². The van der Waals surface area contributed by atoms with Gasteiger partial charge in [0, 0.05) is 24.5 Å². The molecule has 0 aliphatic rings. The standard InChI is InChI=1S/C16H13F3N4O/c1-10-12(9-23(2)22-10)6-11(8-20)15(24)21-14-5-3-4-13(7-14)16(17,18)19/h3-7,9H,1-2H3,(H,21,24)/b11-6+. The fourth-order valence-corrected chi connectivity index (χ4v) is 2.04. The molecule has 24 heavy (non-hydrogen) atoms. The van der Waals surface area contributed by atoms with E-state index in [-0.39, 0.29) is 11.3 Å². The van der Waals surface area contributed by atoms with Crippen LogP contribution >= 0.6 is 0 Å². The lowest BCUT2D eigenvalue weighted by Gasteiger charge is -2.09. The molecule has 1 amide bonds. The first kappa shape index (κ1) is 17.3. The second-order valence-electron chi connectivity index (χ2n) is 5.05. The van der Waals surface area contributed by atoms with E-state index >= 15 is 0 Å². The van der Waals surface area contributed by atoms with Crippen molar-refractivity contribution in [2.24, 2.45) is 7.05 Å². The van der Waals surface area contributed by atoms with Gasteiger partial charge in [0.2, 0.25) is 0 Å². The molecule has 0 unspecified atom stereocenters. The van der Waals surface area contributed by atoms with Crippen molar-refractivity contribution < 1.29 is 18.0 Å². The Bertz CT molecular complexity index is 844. The minimum absolute atomic E-state index is 0.0427. The normalized spacial score (nSPS) is 11.9. The van der Waals surface area contributed by atoms with Gasteiger partial charge in [0.05, 0.1) is 11.3 Å². The molecule has 0 spiro atoms. The van der Waals surface area contributed by atoms with Gasteiger partial charge in [-0.15, -0.1) is 0 Å². The highest BCUT2D eigenvalue weighted by molar-refractivity contribution is 6.09. The van der Waals surface area contributed by atoms with E-state index in [4.69, 9.17) is 5.26 Å². The molecule has 0 aliphatic heterocycles. The molecule has 0 saturated carbocycles. The SMILES string of the molecule is Cc1nn(C)cc1/C=C(\C#N)C(=O)Nc1cccc(C(F)(F)F)c1. The summed E-state index contributed by atoms with van der Waals surface area (Å²) in [6, 6.07) is 5.94. The lowest BCUT2D eigenvalue weighted by Crippen LogP contribution is -2.14. The minimum Gasteiger partial charge on any atom is -0.321 e. The Hall–Kier alpha value is -3.08. The maximum absolute atomic E-state index is 12.7. The summed E-state index contributed by atoms with van der Waals surface area (Å²) < 4.78 is 39.6. The van der Waals surface area contributed by atoms with E-state index < -0.39 is 17.6 Å². The predicted octanol–water partition coefficient (Wildman–Crippen LogP) is 3.29. The molecular formula is C16H13F3N4O. The minimum atomic E-state index is -4.51. The van der Waals surface area contributed by atoms with Crippen LogP contribution in [0.2, 0.25) is 0 Å². The van der Waals surface area contributed by atoms with Gasteiger partial charge in [-0.2, -0.15) is 23.5 Å². The number of aromatic nitrogens is 2.